The molecule has 0 bridgehead atoms. The normalized spacial score (nSPS) is 14.8. The summed E-state index contributed by atoms with van der Waals surface area (Å²) < 4.78 is 13.0. The molecule has 0 aliphatic carbocycles. The minimum absolute atomic E-state index is 0.286. The number of ether oxygens (including phenoxy) is 2. The van der Waals surface area contributed by atoms with Crippen LogP contribution in [0.1, 0.15) is 5.56 Å². The highest BCUT2D eigenvalue weighted by Crippen LogP contribution is 2.32. The molecule has 0 fully saturated rings. The summed E-state index contributed by atoms with van der Waals surface area (Å²) in [5.41, 5.74) is 3.25. The van der Waals surface area contributed by atoms with E-state index in [1.165, 1.54) is 0 Å². The smallest absolute Gasteiger partial charge is 0.231 e. The molecule has 0 amide bonds. The lowest BCUT2D eigenvalue weighted by molar-refractivity contribution is 0.174. The average molecular weight is 352 g/mol. The molecule has 1 aromatic heterocycles. The van der Waals surface area contributed by atoms with E-state index in [4.69, 9.17) is 26.7 Å². The van der Waals surface area contributed by atoms with E-state index in [-0.39, 0.29) is 6.79 Å². The zero-order chi connectivity index (χ0) is 16.8. The Kier molecular flexibility index (Phi) is 3.27. The number of para-hydroxylation sites is 2. The maximum Gasteiger partial charge on any atom is 0.231 e. The topological polar surface area (TPSA) is 51.5 Å². The average Bonchev–Trinajstić information content (AvgIpc) is 3.33. The van der Waals surface area contributed by atoms with Crippen LogP contribution in [0.15, 0.2) is 42.5 Å². The van der Waals surface area contributed by atoms with Crippen LogP contribution in [0, 0.1) is 0 Å². The van der Waals surface area contributed by atoms with Crippen molar-refractivity contribution < 1.29 is 9.47 Å². The highest BCUT2D eigenvalue weighted by molar-refractivity contribution is 7.80. The number of nitrogens with zero attached hydrogens (tertiary/aromatic N) is 3. The van der Waals surface area contributed by atoms with Crippen molar-refractivity contribution in [3.8, 4) is 11.5 Å². The number of benzene rings is 2. The van der Waals surface area contributed by atoms with Crippen LogP contribution in [-0.4, -0.2) is 28.0 Å². The second-order valence-electron chi connectivity index (χ2n) is 6.05. The molecule has 0 atom stereocenters. The van der Waals surface area contributed by atoms with Crippen molar-refractivity contribution in [2.45, 2.75) is 13.1 Å². The molecule has 3 aromatic rings. The molecule has 2 aliphatic heterocycles. The third-order valence-corrected chi connectivity index (χ3v) is 4.91. The van der Waals surface area contributed by atoms with Crippen LogP contribution >= 0.6 is 12.2 Å². The largest absolute Gasteiger partial charge is 0.454 e. The fraction of sp³-hybridized carbons (Fsp3) is 0.222. The summed E-state index contributed by atoms with van der Waals surface area (Å²) in [5.74, 6) is 2.48. The second-order valence-corrected chi connectivity index (χ2v) is 6.44. The highest BCUT2D eigenvalue weighted by atomic mass is 32.1. The van der Waals surface area contributed by atoms with E-state index < -0.39 is 0 Å². The van der Waals surface area contributed by atoms with Gasteiger partial charge in [0.15, 0.2) is 16.6 Å². The van der Waals surface area contributed by atoms with Gasteiger partial charge >= 0.3 is 0 Å². The molecule has 7 heteroatoms. The number of imidazole rings is 1. The molecule has 1 N–H and O–H groups in total. The molecule has 6 nitrogen and oxygen atoms in total. The van der Waals surface area contributed by atoms with Gasteiger partial charge in [-0.25, -0.2) is 4.98 Å². The second kappa shape index (κ2) is 5.63. The predicted octanol–water partition coefficient (Wildman–Crippen LogP) is 2.66. The van der Waals surface area contributed by atoms with Gasteiger partial charge in [-0.2, -0.15) is 0 Å². The minimum atomic E-state index is 0.286. The first-order valence-corrected chi connectivity index (χ1v) is 8.59. The number of thiocarbonyl (C=S) groups is 1. The van der Waals surface area contributed by atoms with E-state index in [1.807, 2.05) is 36.4 Å². The lowest BCUT2D eigenvalue weighted by atomic mass is 10.2. The van der Waals surface area contributed by atoms with E-state index in [9.17, 15) is 0 Å². The molecular weight excluding hydrogens is 336 g/mol. The fourth-order valence-electron chi connectivity index (χ4n) is 3.31. The van der Waals surface area contributed by atoms with Gasteiger partial charge in [0.1, 0.15) is 0 Å². The number of fused-ring (bicyclic) bond motifs is 4. The summed E-state index contributed by atoms with van der Waals surface area (Å²) in [6.07, 6.45) is 0. The summed E-state index contributed by atoms with van der Waals surface area (Å²) in [5, 5.41) is 4.01. The number of nitrogens with one attached hydrogen (secondary N) is 1. The first-order valence-electron chi connectivity index (χ1n) is 8.19. The Hall–Kier alpha value is -2.80. The summed E-state index contributed by atoms with van der Waals surface area (Å²) >= 11 is 5.60. The molecule has 0 saturated carbocycles. The maximum absolute atomic E-state index is 5.60. The van der Waals surface area contributed by atoms with E-state index in [0.717, 1.165) is 47.1 Å². The number of hydrogen-bond donors (Lipinski definition) is 1. The van der Waals surface area contributed by atoms with Crippen molar-refractivity contribution in [2.24, 2.45) is 0 Å². The molecule has 0 spiro atoms. The van der Waals surface area contributed by atoms with Crippen LogP contribution in [0.3, 0.4) is 0 Å². The van der Waals surface area contributed by atoms with Gasteiger partial charge in [0, 0.05) is 19.6 Å². The SMILES string of the molecule is S=C(NCc1ccc2c(c1)OCO2)N1CCn2c1nc1ccccc12. The van der Waals surface area contributed by atoms with E-state index >= 15 is 0 Å². The maximum atomic E-state index is 5.60. The van der Waals surface area contributed by atoms with Gasteiger partial charge in [0.2, 0.25) is 12.7 Å². The van der Waals surface area contributed by atoms with Crippen LogP contribution in [0.4, 0.5) is 5.95 Å². The molecule has 2 aromatic carbocycles. The molecule has 5 rings (SSSR count). The van der Waals surface area contributed by atoms with Crippen molar-refractivity contribution in [1.29, 1.82) is 0 Å². The molecule has 25 heavy (non-hydrogen) atoms. The van der Waals surface area contributed by atoms with Gasteiger partial charge < -0.3 is 19.4 Å². The van der Waals surface area contributed by atoms with Crippen molar-refractivity contribution in [3.63, 3.8) is 0 Å². The lowest BCUT2D eigenvalue weighted by Gasteiger charge is -2.18. The Morgan fingerprint density at radius 1 is 1.12 bits per heavy atom. The van der Waals surface area contributed by atoms with Crippen LogP contribution < -0.4 is 19.7 Å². The van der Waals surface area contributed by atoms with Gasteiger partial charge in [-0.15, -0.1) is 0 Å². The predicted molar refractivity (Wildman–Crippen MR) is 99.1 cm³/mol. The summed E-state index contributed by atoms with van der Waals surface area (Å²) in [7, 11) is 0. The fourth-order valence-corrected chi connectivity index (χ4v) is 3.55. The zero-order valence-corrected chi connectivity index (χ0v) is 14.3. The summed E-state index contributed by atoms with van der Waals surface area (Å²) in [4.78, 5) is 6.78. The van der Waals surface area contributed by atoms with Crippen molar-refractivity contribution >= 4 is 34.3 Å². The molecule has 126 valence electrons. The molecule has 3 heterocycles. The summed E-state index contributed by atoms with van der Waals surface area (Å²) in [6.45, 7) is 2.64. The Bertz CT molecular complexity index is 984. The van der Waals surface area contributed by atoms with Crippen LogP contribution in [0.25, 0.3) is 11.0 Å². The Labute approximate surface area is 150 Å². The lowest BCUT2D eigenvalue weighted by Crippen LogP contribution is -2.38. The van der Waals surface area contributed by atoms with E-state index in [0.29, 0.717) is 11.7 Å². The standard InChI is InChI=1S/C18H16N4O2S/c25-18(19-10-12-5-6-15-16(9-12)24-11-23-15)22-8-7-21-14-4-2-1-3-13(14)20-17(21)22/h1-6,9H,7-8,10-11H2,(H,19,25). The molecular formula is C18H16N4O2S. The van der Waals surface area contributed by atoms with Gasteiger partial charge in [-0.1, -0.05) is 18.2 Å². The molecule has 0 saturated heterocycles. The summed E-state index contributed by atoms with van der Waals surface area (Å²) in [6, 6.07) is 14.1. The number of hydrogen-bond acceptors (Lipinski definition) is 4. The Balaban J connectivity index is 1.33. The van der Waals surface area contributed by atoms with Gasteiger partial charge in [0.25, 0.3) is 0 Å². The van der Waals surface area contributed by atoms with Crippen LogP contribution in [-0.2, 0) is 13.1 Å². The first-order chi connectivity index (χ1) is 12.3. The number of anilines is 1. The van der Waals surface area contributed by atoms with Crippen molar-refractivity contribution in [3.05, 3.63) is 48.0 Å². The Morgan fingerprint density at radius 2 is 2.00 bits per heavy atom. The van der Waals surface area contributed by atoms with Gasteiger partial charge in [0.05, 0.1) is 11.0 Å². The van der Waals surface area contributed by atoms with E-state index in [2.05, 4.69) is 20.9 Å². The molecule has 0 unspecified atom stereocenters. The van der Waals surface area contributed by atoms with Gasteiger partial charge in [-0.05, 0) is 42.0 Å². The van der Waals surface area contributed by atoms with Gasteiger partial charge in [-0.3, -0.25) is 4.90 Å². The monoisotopic (exact) mass is 352 g/mol. The van der Waals surface area contributed by atoms with Crippen molar-refractivity contribution in [1.82, 2.24) is 14.9 Å². The van der Waals surface area contributed by atoms with Crippen molar-refractivity contribution in [2.75, 3.05) is 18.2 Å². The van der Waals surface area contributed by atoms with E-state index in [1.54, 1.807) is 0 Å². The molecule has 2 aliphatic rings. The third kappa shape index (κ3) is 2.39. The quantitative estimate of drug-likeness (QED) is 0.716. The zero-order valence-electron chi connectivity index (χ0n) is 13.4. The number of rotatable bonds is 2. The Morgan fingerprint density at radius 3 is 2.96 bits per heavy atom. The highest BCUT2D eigenvalue weighted by Gasteiger charge is 2.26. The minimum Gasteiger partial charge on any atom is -0.454 e. The molecule has 0 radical (unpaired) electrons. The first kappa shape index (κ1) is 14.5. The van der Waals surface area contributed by atoms with Crippen LogP contribution in [0.2, 0.25) is 0 Å². The number of aromatic nitrogens is 2. The third-order valence-electron chi connectivity index (χ3n) is 4.55. The van der Waals surface area contributed by atoms with Crippen LogP contribution in [0.5, 0.6) is 11.5 Å².